The molecule has 1 heterocycles. The molecule has 1 aromatic rings. The lowest BCUT2D eigenvalue weighted by atomic mass is 10.0. The second-order valence-electron chi connectivity index (χ2n) is 5.48. The first-order chi connectivity index (χ1) is 11.2. The summed E-state index contributed by atoms with van der Waals surface area (Å²) in [5.41, 5.74) is 12.2. The molecule has 1 aromatic carbocycles. The van der Waals surface area contributed by atoms with Gasteiger partial charge in [-0.15, -0.1) is 0 Å². The molecular weight excluding hydrogens is 312 g/mol. The number of nitrogens with one attached hydrogen (secondary N) is 4. The first kappa shape index (κ1) is 17.8. The van der Waals surface area contributed by atoms with Gasteiger partial charge in [-0.3, -0.25) is 20.4 Å². The largest absolute Gasteiger partial charge is 0.272 e. The van der Waals surface area contributed by atoms with E-state index in [1.54, 1.807) is 11.8 Å². The monoisotopic (exact) mass is 336 g/mol. The van der Waals surface area contributed by atoms with Gasteiger partial charge in [-0.1, -0.05) is 43.7 Å². The summed E-state index contributed by atoms with van der Waals surface area (Å²) in [5.74, 6) is 0.918. The molecule has 1 saturated heterocycles. The second-order valence-corrected chi connectivity index (χ2v) is 6.59. The average molecular weight is 336 g/mol. The number of hydrogen-bond acceptors (Lipinski definition) is 5. The molecule has 6 nitrogen and oxygen atoms in total. The summed E-state index contributed by atoms with van der Waals surface area (Å²) in [6.07, 6.45) is 2.86. The molecule has 4 N–H and O–H groups in total. The molecule has 2 atom stereocenters. The number of unbranched alkanes of at least 4 members (excludes halogenated alkanes) is 1. The Morgan fingerprint density at radius 3 is 2.74 bits per heavy atom. The van der Waals surface area contributed by atoms with Crippen molar-refractivity contribution >= 4 is 23.6 Å². The van der Waals surface area contributed by atoms with Gasteiger partial charge in [0.15, 0.2) is 0 Å². The van der Waals surface area contributed by atoms with Crippen LogP contribution >= 0.6 is 11.8 Å². The number of carbonyl (C=O) groups excluding carboxylic acids is 2. The zero-order valence-corrected chi connectivity index (χ0v) is 14.1. The summed E-state index contributed by atoms with van der Waals surface area (Å²) in [6, 6.07) is 9.68. The molecule has 0 spiro atoms. The third-order valence-corrected chi connectivity index (χ3v) is 4.67. The number of thioether (sulfide) groups is 1. The van der Waals surface area contributed by atoms with Crippen molar-refractivity contribution in [3.63, 3.8) is 0 Å². The van der Waals surface area contributed by atoms with Gasteiger partial charge < -0.3 is 0 Å². The fourth-order valence-corrected chi connectivity index (χ4v) is 3.19. The van der Waals surface area contributed by atoms with Crippen LogP contribution in [0.25, 0.3) is 0 Å². The maximum atomic E-state index is 12.1. The lowest BCUT2D eigenvalue weighted by molar-refractivity contribution is -0.128. The van der Waals surface area contributed by atoms with Crippen LogP contribution in [0.1, 0.15) is 37.8 Å². The predicted octanol–water partition coefficient (Wildman–Crippen LogP) is 1.27. The summed E-state index contributed by atoms with van der Waals surface area (Å²) in [4.78, 5) is 23.7. The van der Waals surface area contributed by atoms with Gasteiger partial charge in [0.25, 0.3) is 5.91 Å². The summed E-state index contributed by atoms with van der Waals surface area (Å²) in [6.45, 7) is 2.12. The van der Waals surface area contributed by atoms with E-state index in [9.17, 15) is 9.59 Å². The van der Waals surface area contributed by atoms with Crippen molar-refractivity contribution in [3.05, 3.63) is 35.9 Å². The maximum Gasteiger partial charge on any atom is 0.256 e. The Bertz CT molecular complexity index is 512. The minimum Gasteiger partial charge on any atom is -0.272 e. The topological polar surface area (TPSA) is 82.3 Å². The molecule has 0 aromatic heterocycles. The van der Waals surface area contributed by atoms with Crippen molar-refractivity contribution in [2.24, 2.45) is 0 Å². The Labute approximate surface area is 141 Å². The zero-order valence-electron chi connectivity index (χ0n) is 13.3. The minimum atomic E-state index is -0.367. The molecule has 126 valence electrons. The average Bonchev–Trinajstić information content (AvgIpc) is 3.07. The Balaban J connectivity index is 1.67. The molecule has 0 saturated carbocycles. The van der Waals surface area contributed by atoms with Crippen molar-refractivity contribution in [2.45, 2.75) is 38.3 Å². The zero-order chi connectivity index (χ0) is 16.5. The van der Waals surface area contributed by atoms with E-state index in [-0.39, 0.29) is 23.9 Å². The van der Waals surface area contributed by atoms with Crippen molar-refractivity contribution in [1.82, 2.24) is 21.7 Å². The Morgan fingerprint density at radius 1 is 1.22 bits per heavy atom. The van der Waals surface area contributed by atoms with Crippen LogP contribution in [0.15, 0.2) is 30.3 Å². The van der Waals surface area contributed by atoms with Gasteiger partial charge in [0.05, 0.1) is 5.75 Å². The normalized spacial score (nSPS) is 20.2. The van der Waals surface area contributed by atoms with Crippen LogP contribution in [0.3, 0.4) is 0 Å². The van der Waals surface area contributed by atoms with Gasteiger partial charge in [0.2, 0.25) is 5.91 Å². The third kappa shape index (κ3) is 5.85. The molecule has 1 aliphatic rings. The summed E-state index contributed by atoms with van der Waals surface area (Å²) in [5, 5.41) is 0. The Morgan fingerprint density at radius 2 is 2.00 bits per heavy atom. The fraction of sp³-hybridized carbons (Fsp3) is 0.500. The van der Waals surface area contributed by atoms with E-state index in [4.69, 9.17) is 0 Å². The molecule has 2 rings (SSSR count). The van der Waals surface area contributed by atoms with Crippen LogP contribution in [-0.2, 0) is 9.59 Å². The number of rotatable bonds is 7. The first-order valence-corrected chi connectivity index (χ1v) is 9.08. The van der Waals surface area contributed by atoms with Gasteiger partial charge in [0.1, 0.15) is 6.04 Å². The summed E-state index contributed by atoms with van der Waals surface area (Å²) in [7, 11) is 0. The number of amides is 2. The van der Waals surface area contributed by atoms with Crippen LogP contribution in [0.2, 0.25) is 0 Å². The smallest absolute Gasteiger partial charge is 0.256 e. The van der Waals surface area contributed by atoms with E-state index in [0.717, 1.165) is 24.2 Å². The van der Waals surface area contributed by atoms with Crippen LogP contribution < -0.4 is 21.7 Å². The van der Waals surface area contributed by atoms with Crippen molar-refractivity contribution in [3.8, 4) is 0 Å². The number of hydrogen-bond donors (Lipinski definition) is 4. The van der Waals surface area contributed by atoms with Gasteiger partial charge in [0, 0.05) is 6.04 Å². The van der Waals surface area contributed by atoms with Crippen molar-refractivity contribution in [1.29, 1.82) is 0 Å². The Hall–Kier alpha value is -1.57. The molecule has 0 bridgehead atoms. The predicted molar refractivity (Wildman–Crippen MR) is 92.4 cm³/mol. The van der Waals surface area contributed by atoms with E-state index in [1.165, 1.54) is 0 Å². The fourth-order valence-electron chi connectivity index (χ4n) is 2.30. The standard InChI is InChI=1S/C16H24N4O2S/c1-2-3-9-23-11-15(21)19-20-16(22)14-10-13(17-18-14)12-7-5-4-6-8-12/h4-8,13-14,17-18H,2-3,9-11H2,1H3,(H,19,21)(H,20,22). The van der Waals surface area contributed by atoms with E-state index in [0.29, 0.717) is 12.2 Å². The molecule has 2 amide bonds. The van der Waals surface area contributed by atoms with Gasteiger partial charge >= 0.3 is 0 Å². The SMILES string of the molecule is CCCCSCC(=O)NNC(=O)C1CC(c2ccccc2)NN1. The molecular formula is C16H24N4O2S. The number of benzene rings is 1. The lowest BCUT2D eigenvalue weighted by Crippen LogP contribution is -2.50. The number of hydrazine groups is 2. The van der Waals surface area contributed by atoms with E-state index in [1.807, 2.05) is 30.3 Å². The Kier molecular flexibility index (Phi) is 7.38. The highest BCUT2D eigenvalue weighted by Gasteiger charge is 2.30. The lowest BCUT2D eigenvalue weighted by Gasteiger charge is -2.11. The van der Waals surface area contributed by atoms with Crippen LogP contribution in [0, 0.1) is 0 Å². The molecule has 7 heteroatoms. The third-order valence-electron chi connectivity index (χ3n) is 3.62. The van der Waals surface area contributed by atoms with Crippen molar-refractivity contribution in [2.75, 3.05) is 11.5 Å². The first-order valence-electron chi connectivity index (χ1n) is 7.93. The second kappa shape index (κ2) is 9.54. The maximum absolute atomic E-state index is 12.1. The van der Waals surface area contributed by atoms with E-state index in [2.05, 4.69) is 28.6 Å². The highest BCUT2D eigenvalue weighted by Crippen LogP contribution is 2.21. The summed E-state index contributed by atoms with van der Waals surface area (Å²) >= 11 is 1.58. The van der Waals surface area contributed by atoms with Crippen LogP contribution in [-0.4, -0.2) is 29.4 Å². The quantitative estimate of drug-likeness (QED) is 0.445. The minimum absolute atomic E-state index is 0.0900. The van der Waals surface area contributed by atoms with Crippen molar-refractivity contribution < 1.29 is 9.59 Å². The molecule has 2 unspecified atom stereocenters. The molecule has 0 aliphatic carbocycles. The number of carbonyl (C=O) groups is 2. The van der Waals surface area contributed by atoms with Gasteiger partial charge in [-0.05, 0) is 24.2 Å². The van der Waals surface area contributed by atoms with E-state index < -0.39 is 0 Å². The van der Waals surface area contributed by atoms with Gasteiger partial charge in [-0.2, -0.15) is 11.8 Å². The molecule has 0 radical (unpaired) electrons. The highest BCUT2D eigenvalue weighted by atomic mass is 32.2. The molecule has 1 fully saturated rings. The highest BCUT2D eigenvalue weighted by molar-refractivity contribution is 7.99. The van der Waals surface area contributed by atoms with Crippen LogP contribution in [0.4, 0.5) is 0 Å². The molecule has 1 aliphatic heterocycles. The van der Waals surface area contributed by atoms with E-state index >= 15 is 0 Å². The van der Waals surface area contributed by atoms with Crippen LogP contribution in [0.5, 0.6) is 0 Å². The summed E-state index contributed by atoms with van der Waals surface area (Å²) < 4.78 is 0. The molecule has 23 heavy (non-hydrogen) atoms. The van der Waals surface area contributed by atoms with Gasteiger partial charge in [-0.25, -0.2) is 10.9 Å².